The third kappa shape index (κ3) is 15.7. The number of hydrogen-bond donors (Lipinski definition) is 4. The quantitative estimate of drug-likeness (QED) is 0.103. The molecule has 4 unspecified atom stereocenters. The fourth-order valence-electron chi connectivity index (χ4n) is 3.80. The van der Waals surface area contributed by atoms with E-state index in [-0.39, 0.29) is 27.5 Å². The van der Waals surface area contributed by atoms with Crippen molar-refractivity contribution in [1.82, 2.24) is 20.4 Å². The second-order valence-corrected chi connectivity index (χ2v) is 10.8. The molecule has 0 aromatic heterocycles. The molecule has 0 fully saturated rings. The molecular weight excluding hydrogens is 618 g/mol. The number of benzene rings is 2. The minimum atomic E-state index is -0.768. The van der Waals surface area contributed by atoms with Gasteiger partial charge in [-0.1, -0.05) is 86.2 Å². The zero-order valence-electron chi connectivity index (χ0n) is 23.3. The fourth-order valence-corrected chi connectivity index (χ4v) is 4.74. The van der Waals surface area contributed by atoms with Crippen LogP contribution in [0.1, 0.15) is 77.0 Å². The third-order valence-corrected chi connectivity index (χ3v) is 7.05. The molecule has 2 aromatic rings. The van der Waals surface area contributed by atoms with E-state index in [1.165, 1.54) is 0 Å². The summed E-state index contributed by atoms with van der Waals surface area (Å²) in [5, 5.41) is 27.6. The van der Waals surface area contributed by atoms with E-state index in [4.69, 9.17) is 48.5 Å². The van der Waals surface area contributed by atoms with Crippen LogP contribution in [0.15, 0.2) is 48.5 Å². The average molecular weight is 662 g/mol. The van der Waals surface area contributed by atoms with Crippen molar-refractivity contribution in [1.29, 1.82) is 0 Å². The molecule has 4 atom stereocenters. The zero-order valence-corrected chi connectivity index (χ0v) is 27.4. The normalized spacial score (nSPS) is 14.3. The van der Waals surface area contributed by atoms with Gasteiger partial charge in [0.25, 0.3) is 0 Å². The van der Waals surface area contributed by atoms with E-state index in [1.807, 2.05) is 0 Å². The summed E-state index contributed by atoms with van der Waals surface area (Å²) in [6.07, 6.45) is 2.65. The van der Waals surface area contributed by atoms with Crippen molar-refractivity contribution in [3.63, 3.8) is 0 Å². The van der Waals surface area contributed by atoms with Crippen molar-refractivity contribution >= 4 is 48.5 Å². The molecule has 0 heterocycles. The number of hydrogen-bond acceptors (Lipinski definition) is 8. The molecule has 2 rings (SSSR count). The molecule has 0 saturated heterocycles. The smallest absolute Gasteiger partial charge is 0.758 e. The maximum atomic E-state index is 10.1. The summed E-state index contributed by atoms with van der Waals surface area (Å²) in [7, 11) is 0. The van der Waals surface area contributed by atoms with Gasteiger partial charge >= 0.3 is 16.5 Å². The van der Waals surface area contributed by atoms with Crippen LogP contribution in [0, 0.1) is 0 Å². The Bertz CT molecular complexity index is 788. The van der Waals surface area contributed by atoms with E-state index < -0.39 is 12.5 Å². The Labute approximate surface area is 267 Å². The Hall–Kier alpha value is -0.0265. The van der Waals surface area contributed by atoms with Crippen LogP contribution in [0.25, 0.3) is 0 Å². The van der Waals surface area contributed by atoms with E-state index >= 15 is 0 Å². The number of aliphatic hydroxyl groups is 2. The van der Waals surface area contributed by atoms with E-state index in [0.29, 0.717) is 10.0 Å². The van der Waals surface area contributed by atoms with E-state index in [2.05, 4.69) is 48.1 Å². The van der Waals surface area contributed by atoms with Crippen LogP contribution < -0.4 is 10.6 Å². The average Bonchev–Trinajstić information content (AvgIpc) is 2.89. The van der Waals surface area contributed by atoms with Gasteiger partial charge in [-0.05, 0) is 87.3 Å². The predicted octanol–water partition coefficient (Wildman–Crippen LogP) is 5.74. The van der Waals surface area contributed by atoms with E-state index in [0.717, 1.165) is 63.0 Å². The Morgan fingerprint density at radius 2 is 0.872 bits per heavy atom. The molecule has 4 N–H and O–H groups in total. The summed E-state index contributed by atoms with van der Waals surface area (Å²) >= 11 is 22.5. The van der Waals surface area contributed by atoms with Crippen LogP contribution in [0.5, 0.6) is 0 Å². The molecule has 224 valence electrons. The Kier molecular flexibility index (Phi) is 22.5. The molecule has 0 amide bonds. The number of rotatable bonds is 16. The molecule has 6 nitrogen and oxygen atoms in total. The molecule has 39 heavy (non-hydrogen) atoms. The third-order valence-electron chi connectivity index (χ3n) is 5.68. The molecule has 0 radical (unpaired) electrons. The van der Waals surface area contributed by atoms with Crippen molar-refractivity contribution in [2.75, 3.05) is 26.2 Å². The standard InChI is InChI=1S/2C14H23ClN2OS.Ni/c2*1-3-9-17(10-4-2)14(19)16-13(18)11-5-7-12(15)8-6-11;/h2*5-8,13-14,16,18-19H,3-4,9-10H2,1-2H3;/q;;+2/p-2. The van der Waals surface area contributed by atoms with Gasteiger partial charge in [0.2, 0.25) is 0 Å². The van der Waals surface area contributed by atoms with Crippen LogP contribution in [0.4, 0.5) is 0 Å². The minimum absolute atomic E-state index is 0. The summed E-state index contributed by atoms with van der Waals surface area (Å²) in [4.78, 5) is 4.32. The first kappa shape index (κ1) is 39.0. The molecular formula is C28H44Cl2N4NiO2S2. The van der Waals surface area contributed by atoms with Gasteiger partial charge in [0.1, 0.15) is 12.5 Å². The molecule has 11 heteroatoms. The van der Waals surface area contributed by atoms with Crippen molar-refractivity contribution in [3.05, 3.63) is 69.7 Å². The monoisotopic (exact) mass is 660 g/mol. The van der Waals surface area contributed by atoms with Crippen LogP contribution in [-0.4, -0.2) is 57.2 Å². The summed E-state index contributed by atoms with van der Waals surface area (Å²) in [6.45, 7) is 12.2. The largest absolute Gasteiger partial charge is 2.00 e. The maximum Gasteiger partial charge on any atom is 2.00 e. The first-order chi connectivity index (χ1) is 18.2. The number of nitrogens with zero attached hydrogens (tertiary/aromatic N) is 2. The van der Waals surface area contributed by atoms with Gasteiger partial charge in [-0.2, -0.15) is 0 Å². The Morgan fingerprint density at radius 1 is 0.615 bits per heavy atom. The number of aliphatic hydroxyl groups excluding tert-OH is 2. The summed E-state index contributed by atoms with van der Waals surface area (Å²) in [5.74, 6) is 0. The second-order valence-electron chi connectivity index (χ2n) is 9.02. The first-order valence-corrected chi connectivity index (χ1v) is 15.0. The van der Waals surface area contributed by atoms with E-state index in [9.17, 15) is 10.2 Å². The van der Waals surface area contributed by atoms with Gasteiger partial charge in [-0.3, -0.25) is 10.6 Å². The van der Waals surface area contributed by atoms with Crippen LogP contribution in [0.3, 0.4) is 0 Å². The van der Waals surface area contributed by atoms with Crippen LogP contribution in [0.2, 0.25) is 10.0 Å². The van der Waals surface area contributed by atoms with E-state index in [1.54, 1.807) is 48.5 Å². The molecule has 0 bridgehead atoms. The molecule has 2 aromatic carbocycles. The summed E-state index contributed by atoms with van der Waals surface area (Å²) < 4.78 is 0. The van der Waals surface area contributed by atoms with Gasteiger partial charge < -0.3 is 45.3 Å². The van der Waals surface area contributed by atoms with Crippen molar-refractivity contribution in [2.24, 2.45) is 0 Å². The van der Waals surface area contributed by atoms with Gasteiger partial charge in [0.05, 0.1) is 0 Å². The Balaban J connectivity index is 0.000000722. The molecule has 0 aliphatic rings. The van der Waals surface area contributed by atoms with Crippen LogP contribution in [-0.2, 0) is 41.7 Å². The Morgan fingerprint density at radius 3 is 1.10 bits per heavy atom. The SMILES string of the molecule is CCCN(CCC)C([S-])NC(O)c1ccc(Cl)cc1.CCCN(CCC)C([S-])NC(O)c1ccc(Cl)cc1.[Ni+2]. The van der Waals surface area contributed by atoms with Crippen molar-refractivity contribution in [3.8, 4) is 0 Å². The topological polar surface area (TPSA) is 71.0 Å². The predicted molar refractivity (Wildman–Crippen MR) is 166 cm³/mol. The second kappa shape index (κ2) is 22.6. The summed E-state index contributed by atoms with van der Waals surface area (Å²) in [5.41, 5.74) is 0.996. The van der Waals surface area contributed by atoms with Gasteiger partial charge in [0, 0.05) is 10.0 Å². The molecule has 0 aliphatic heterocycles. The molecule has 0 aliphatic carbocycles. The summed E-state index contributed by atoms with van der Waals surface area (Å²) in [6, 6.07) is 14.2. The van der Waals surface area contributed by atoms with Crippen molar-refractivity contribution < 1.29 is 26.7 Å². The van der Waals surface area contributed by atoms with Gasteiger partial charge in [-0.25, -0.2) is 0 Å². The van der Waals surface area contributed by atoms with Crippen LogP contribution >= 0.6 is 23.2 Å². The fraction of sp³-hybridized carbons (Fsp3) is 0.571. The number of halogens is 2. The number of nitrogens with one attached hydrogen (secondary N) is 2. The minimum Gasteiger partial charge on any atom is -0.758 e. The van der Waals surface area contributed by atoms with Crippen molar-refractivity contribution in [2.45, 2.75) is 76.8 Å². The first-order valence-electron chi connectivity index (χ1n) is 13.4. The molecule has 0 spiro atoms. The van der Waals surface area contributed by atoms with Gasteiger partial charge in [0.15, 0.2) is 0 Å². The molecule has 0 saturated carbocycles. The maximum absolute atomic E-state index is 10.1. The van der Waals surface area contributed by atoms with Gasteiger partial charge in [-0.15, -0.1) is 0 Å². The zero-order chi connectivity index (χ0) is 28.5.